The molecule has 0 aliphatic carbocycles. The molecule has 0 fully saturated rings. The first kappa shape index (κ1) is 16.0. The van der Waals surface area contributed by atoms with Gasteiger partial charge in [-0.25, -0.2) is 9.18 Å². The van der Waals surface area contributed by atoms with Crippen molar-refractivity contribution in [1.82, 2.24) is 4.98 Å². The first-order chi connectivity index (χ1) is 11.5. The van der Waals surface area contributed by atoms with E-state index >= 15 is 0 Å². The number of rotatable bonds is 4. The summed E-state index contributed by atoms with van der Waals surface area (Å²) in [5.41, 5.74) is 2.51. The molecule has 0 saturated carbocycles. The second-order valence-corrected chi connectivity index (χ2v) is 5.39. The molecule has 0 aliphatic rings. The molecule has 0 unspecified atom stereocenters. The molecule has 1 N–H and O–H groups in total. The molecule has 0 aliphatic heterocycles. The molecule has 24 heavy (non-hydrogen) atoms. The van der Waals surface area contributed by atoms with E-state index in [1.54, 1.807) is 18.3 Å². The number of pyridine rings is 1. The highest BCUT2D eigenvalue weighted by atomic mass is 19.1. The summed E-state index contributed by atoms with van der Waals surface area (Å²) < 4.78 is 18.2. The lowest BCUT2D eigenvalue weighted by atomic mass is 9.88. The van der Waals surface area contributed by atoms with Crippen LogP contribution in [0.15, 0.2) is 42.6 Å². The Bertz CT molecular complexity index is 926. The molecule has 4 nitrogen and oxygen atoms in total. The minimum atomic E-state index is -1.13. The van der Waals surface area contributed by atoms with Crippen LogP contribution in [0.1, 0.15) is 21.5 Å². The standard InChI is InChI=1S/C18H13BFNO3/c1-24-17-14(18(22)23)8-15(19)13-7-11(9-21-16(13)17)6-10-2-4-12(20)5-3-10/h2-5,7-9H,6H2,1H3,(H,22,23). The van der Waals surface area contributed by atoms with Crippen LogP contribution in [0, 0.1) is 5.82 Å². The van der Waals surface area contributed by atoms with Crippen molar-refractivity contribution in [1.29, 1.82) is 0 Å². The highest BCUT2D eigenvalue weighted by Gasteiger charge is 2.17. The van der Waals surface area contributed by atoms with Gasteiger partial charge in [0.2, 0.25) is 0 Å². The van der Waals surface area contributed by atoms with Crippen LogP contribution in [0.3, 0.4) is 0 Å². The third kappa shape index (κ3) is 2.95. The summed E-state index contributed by atoms with van der Waals surface area (Å²) in [6.45, 7) is 0. The lowest BCUT2D eigenvalue weighted by Gasteiger charge is -2.12. The number of benzene rings is 2. The summed E-state index contributed by atoms with van der Waals surface area (Å²) >= 11 is 0. The third-order valence-corrected chi connectivity index (χ3v) is 3.77. The monoisotopic (exact) mass is 321 g/mol. The Kier molecular flexibility index (Phi) is 4.21. The summed E-state index contributed by atoms with van der Waals surface area (Å²) in [5.74, 6) is -1.23. The summed E-state index contributed by atoms with van der Waals surface area (Å²) in [6.07, 6.45) is 2.20. The van der Waals surface area contributed by atoms with Crippen molar-refractivity contribution in [2.24, 2.45) is 0 Å². The van der Waals surface area contributed by atoms with Crippen LogP contribution in [0.4, 0.5) is 4.39 Å². The van der Waals surface area contributed by atoms with Crippen molar-refractivity contribution in [2.75, 3.05) is 7.11 Å². The first-order valence-corrected chi connectivity index (χ1v) is 7.22. The number of hydrogen-bond donors (Lipinski definition) is 1. The predicted octanol–water partition coefficient (Wildman–Crippen LogP) is 2.47. The van der Waals surface area contributed by atoms with Crippen LogP contribution < -0.4 is 10.2 Å². The fraction of sp³-hybridized carbons (Fsp3) is 0.111. The van der Waals surface area contributed by atoms with Gasteiger partial charge in [0.25, 0.3) is 0 Å². The smallest absolute Gasteiger partial charge is 0.339 e. The maximum atomic E-state index is 13.0. The van der Waals surface area contributed by atoms with Crippen molar-refractivity contribution in [3.63, 3.8) is 0 Å². The summed E-state index contributed by atoms with van der Waals surface area (Å²) in [4.78, 5) is 15.6. The molecule has 0 saturated heterocycles. The number of nitrogens with zero attached hydrogens (tertiary/aromatic N) is 1. The summed E-state index contributed by atoms with van der Waals surface area (Å²) in [5, 5.41) is 9.88. The zero-order valence-electron chi connectivity index (χ0n) is 12.9. The van der Waals surface area contributed by atoms with Gasteiger partial charge in [-0.2, -0.15) is 0 Å². The fourth-order valence-electron chi connectivity index (χ4n) is 2.64. The Hall–Kier alpha value is -2.89. The van der Waals surface area contributed by atoms with Crippen molar-refractivity contribution >= 4 is 30.2 Å². The van der Waals surface area contributed by atoms with Gasteiger partial charge in [-0.05, 0) is 41.1 Å². The number of hydrogen-bond acceptors (Lipinski definition) is 3. The zero-order valence-corrected chi connectivity index (χ0v) is 12.9. The van der Waals surface area contributed by atoms with Gasteiger partial charge in [0.05, 0.1) is 7.11 Å². The normalized spacial score (nSPS) is 10.8. The highest BCUT2D eigenvalue weighted by Crippen LogP contribution is 2.27. The topological polar surface area (TPSA) is 59.4 Å². The maximum Gasteiger partial charge on any atom is 0.339 e. The Morgan fingerprint density at radius 1 is 1.25 bits per heavy atom. The molecular weight excluding hydrogens is 308 g/mol. The average molecular weight is 321 g/mol. The maximum absolute atomic E-state index is 13.0. The quantitative estimate of drug-likeness (QED) is 0.750. The third-order valence-electron chi connectivity index (χ3n) is 3.77. The number of aromatic nitrogens is 1. The Morgan fingerprint density at radius 3 is 2.58 bits per heavy atom. The van der Waals surface area contributed by atoms with E-state index in [-0.39, 0.29) is 17.1 Å². The lowest BCUT2D eigenvalue weighted by molar-refractivity contribution is 0.0693. The van der Waals surface area contributed by atoms with E-state index in [0.717, 1.165) is 11.1 Å². The summed E-state index contributed by atoms with van der Waals surface area (Å²) in [6, 6.07) is 9.43. The van der Waals surface area contributed by atoms with Crippen LogP contribution in [0.5, 0.6) is 5.75 Å². The Labute approximate surface area is 139 Å². The van der Waals surface area contributed by atoms with Crippen LogP contribution in [-0.4, -0.2) is 31.0 Å². The lowest BCUT2D eigenvalue weighted by Crippen LogP contribution is -2.12. The number of halogens is 1. The molecule has 3 rings (SSSR count). The van der Waals surface area contributed by atoms with Crippen LogP contribution in [-0.2, 0) is 6.42 Å². The zero-order chi connectivity index (χ0) is 17.3. The van der Waals surface area contributed by atoms with Gasteiger partial charge >= 0.3 is 5.97 Å². The van der Waals surface area contributed by atoms with Crippen molar-refractivity contribution < 1.29 is 19.0 Å². The molecule has 0 spiro atoms. The van der Waals surface area contributed by atoms with Gasteiger partial charge in [-0.15, -0.1) is 0 Å². The van der Waals surface area contributed by atoms with Crippen LogP contribution >= 0.6 is 0 Å². The van der Waals surface area contributed by atoms with Gasteiger partial charge in [0.15, 0.2) is 5.75 Å². The second kappa shape index (κ2) is 6.32. The molecule has 3 aromatic rings. The van der Waals surface area contributed by atoms with Crippen molar-refractivity contribution in [3.8, 4) is 5.75 Å². The summed E-state index contributed by atoms with van der Waals surface area (Å²) in [7, 11) is 7.39. The molecule has 2 radical (unpaired) electrons. The van der Waals surface area contributed by atoms with E-state index < -0.39 is 5.97 Å². The van der Waals surface area contributed by atoms with Crippen molar-refractivity contribution in [2.45, 2.75) is 6.42 Å². The number of carbonyl (C=O) groups is 1. The molecule has 1 aromatic heterocycles. The molecule has 1 heterocycles. The largest absolute Gasteiger partial charge is 0.494 e. The molecule has 2 aromatic carbocycles. The van der Waals surface area contributed by atoms with E-state index in [0.29, 0.717) is 22.8 Å². The van der Waals surface area contributed by atoms with Crippen LogP contribution in [0.2, 0.25) is 0 Å². The number of fused-ring (bicyclic) bond motifs is 1. The SMILES string of the molecule is [B]c1cc(C(=O)O)c(OC)c2ncc(Cc3ccc(F)cc3)cc12. The van der Waals surface area contributed by atoms with E-state index in [4.69, 9.17) is 12.6 Å². The van der Waals surface area contributed by atoms with Gasteiger partial charge in [-0.1, -0.05) is 23.7 Å². The van der Waals surface area contributed by atoms with Crippen LogP contribution in [0.25, 0.3) is 10.9 Å². The van der Waals surface area contributed by atoms with Gasteiger partial charge in [-0.3, -0.25) is 4.98 Å². The molecule has 0 amide bonds. The van der Waals surface area contributed by atoms with E-state index in [2.05, 4.69) is 4.98 Å². The predicted molar refractivity (Wildman–Crippen MR) is 89.8 cm³/mol. The number of carboxylic acids is 1. The number of carboxylic acid groups (broad SMARTS) is 1. The average Bonchev–Trinajstić information content (AvgIpc) is 2.57. The minimum absolute atomic E-state index is 0.0266. The first-order valence-electron chi connectivity index (χ1n) is 7.22. The molecule has 0 bridgehead atoms. The molecular formula is C18H13BFNO3. The highest BCUT2D eigenvalue weighted by molar-refractivity contribution is 6.39. The fourth-order valence-corrected chi connectivity index (χ4v) is 2.64. The van der Waals surface area contributed by atoms with E-state index in [9.17, 15) is 14.3 Å². The number of aromatic carboxylic acids is 1. The van der Waals surface area contributed by atoms with E-state index in [1.165, 1.54) is 25.3 Å². The van der Waals surface area contributed by atoms with Gasteiger partial charge < -0.3 is 9.84 Å². The molecule has 6 heteroatoms. The van der Waals surface area contributed by atoms with Gasteiger partial charge in [0.1, 0.15) is 24.7 Å². The Balaban J connectivity index is 2.08. The second-order valence-electron chi connectivity index (χ2n) is 5.39. The minimum Gasteiger partial charge on any atom is -0.494 e. The molecule has 0 atom stereocenters. The Morgan fingerprint density at radius 2 is 1.96 bits per heavy atom. The van der Waals surface area contributed by atoms with Gasteiger partial charge in [0, 0.05) is 6.20 Å². The number of ether oxygens (including phenoxy) is 1. The van der Waals surface area contributed by atoms with E-state index in [1.807, 2.05) is 6.07 Å². The number of methoxy groups -OCH3 is 1. The van der Waals surface area contributed by atoms with Crippen molar-refractivity contribution in [3.05, 3.63) is 65.1 Å². The molecule has 118 valence electrons.